The molecule has 0 saturated carbocycles. The molecule has 0 fully saturated rings. The van der Waals surface area contributed by atoms with Gasteiger partial charge in [-0.05, 0) is 41.1 Å². The van der Waals surface area contributed by atoms with Crippen LogP contribution >= 0.6 is 27.3 Å². The third-order valence-electron chi connectivity index (χ3n) is 2.43. The van der Waals surface area contributed by atoms with Crippen LogP contribution < -0.4 is 10.5 Å². The van der Waals surface area contributed by atoms with E-state index in [1.165, 1.54) is 11.3 Å². The molecule has 104 valence electrons. The first-order valence-corrected chi connectivity index (χ1v) is 8.55. The van der Waals surface area contributed by atoms with Gasteiger partial charge in [-0.25, -0.2) is 13.1 Å². The molecule has 0 radical (unpaired) electrons. The SMILES string of the molecule is Cc1ccc(CNS(=O)(=O)c2cc(CN)sc2Br)o1. The van der Waals surface area contributed by atoms with E-state index < -0.39 is 10.0 Å². The maximum atomic E-state index is 12.1. The summed E-state index contributed by atoms with van der Waals surface area (Å²) in [7, 11) is -3.57. The lowest BCUT2D eigenvalue weighted by Gasteiger charge is -2.03. The van der Waals surface area contributed by atoms with Crippen molar-refractivity contribution in [2.45, 2.75) is 24.9 Å². The van der Waals surface area contributed by atoms with Gasteiger partial charge in [0.1, 0.15) is 16.4 Å². The molecule has 0 aliphatic carbocycles. The van der Waals surface area contributed by atoms with Crippen LogP contribution in [0, 0.1) is 6.92 Å². The van der Waals surface area contributed by atoms with Crippen molar-refractivity contribution in [3.63, 3.8) is 0 Å². The fourth-order valence-electron chi connectivity index (χ4n) is 1.51. The molecule has 0 aliphatic rings. The van der Waals surface area contributed by atoms with E-state index in [1.807, 2.05) is 0 Å². The first-order chi connectivity index (χ1) is 8.92. The Hall–Kier alpha value is -0.670. The highest BCUT2D eigenvalue weighted by molar-refractivity contribution is 9.11. The number of nitrogens with two attached hydrogens (primary N) is 1. The molecule has 0 atom stereocenters. The largest absolute Gasteiger partial charge is 0.465 e. The molecule has 8 heteroatoms. The van der Waals surface area contributed by atoms with Crippen molar-refractivity contribution >= 4 is 37.3 Å². The molecule has 0 unspecified atom stereocenters. The Morgan fingerprint density at radius 3 is 2.74 bits per heavy atom. The average molecular weight is 365 g/mol. The molecule has 2 aromatic heterocycles. The third-order valence-corrected chi connectivity index (χ3v) is 6.11. The molecule has 2 rings (SSSR count). The van der Waals surface area contributed by atoms with E-state index in [2.05, 4.69) is 20.7 Å². The Kier molecular flexibility index (Phi) is 4.46. The molecular formula is C11H13BrN2O3S2. The van der Waals surface area contributed by atoms with E-state index in [4.69, 9.17) is 10.2 Å². The van der Waals surface area contributed by atoms with Crippen molar-refractivity contribution in [2.24, 2.45) is 5.73 Å². The van der Waals surface area contributed by atoms with Gasteiger partial charge in [-0.3, -0.25) is 0 Å². The fraction of sp³-hybridized carbons (Fsp3) is 0.273. The molecule has 0 bridgehead atoms. The summed E-state index contributed by atoms with van der Waals surface area (Å²) in [4.78, 5) is 1.02. The summed E-state index contributed by atoms with van der Waals surface area (Å²) in [5.41, 5.74) is 5.50. The second-order valence-corrected chi connectivity index (χ2v) is 8.08. The van der Waals surface area contributed by atoms with Crippen LogP contribution in [0.15, 0.2) is 31.3 Å². The smallest absolute Gasteiger partial charge is 0.242 e. The number of rotatable bonds is 5. The van der Waals surface area contributed by atoms with Gasteiger partial charge >= 0.3 is 0 Å². The van der Waals surface area contributed by atoms with Gasteiger partial charge < -0.3 is 10.2 Å². The lowest BCUT2D eigenvalue weighted by atomic mass is 10.4. The molecular weight excluding hydrogens is 352 g/mol. The predicted octanol–water partition coefficient (Wildman–Crippen LogP) is 2.35. The molecule has 0 amide bonds. The van der Waals surface area contributed by atoms with Crippen LogP contribution in [-0.4, -0.2) is 8.42 Å². The molecule has 0 spiro atoms. The Morgan fingerprint density at radius 1 is 1.47 bits per heavy atom. The third kappa shape index (κ3) is 3.46. The predicted molar refractivity (Wildman–Crippen MR) is 77.4 cm³/mol. The second kappa shape index (κ2) is 5.76. The molecule has 5 nitrogen and oxygen atoms in total. The first-order valence-electron chi connectivity index (χ1n) is 5.45. The highest BCUT2D eigenvalue weighted by Gasteiger charge is 2.20. The number of thiophene rings is 1. The lowest BCUT2D eigenvalue weighted by molar-refractivity contribution is 0.475. The highest BCUT2D eigenvalue weighted by Crippen LogP contribution is 2.31. The second-order valence-electron chi connectivity index (χ2n) is 3.89. The zero-order valence-corrected chi connectivity index (χ0v) is 13.4. The number of sulfonamides is 1. The molecule has 19 heavy (non-hydrogen) atoms. The van der Waals surface area contributed by atoms with Crippen molar-refractivity contribution in [1.29, 1.82) is 0 Å². The van der Waals surface area contributed by atoms with Gasteiger partial charge in [-0.1, -0.05) is 0 Å². The topological polar surface area (TPSA) is 85.3 Å². The summed E-state index contributed by atoms with van der Waals surface area (Å²) in [6.45, 7) is 2.24. The van der Waals surface area contributed by atoms with E-state index in [0.29, 0.717) is 16.1 Å². The van der Waals surface area contributed by atoms with Gasteiger partial charge in [0.15, 0.2) is 0 Å². The molecule has 2 aromatic rings. The van der Waals surface area contributed by atoms with Crippen molar-refractivity contribution < 1.29 is 12.8 Å². The normalized spacial score (nSPS) is 11.9. The monoisotopic (exact) mass is 364 g/mol. The summed E-state index contributed by atoms with van der Waals surface area (Å²) in [5, 5.41) is 0. The number of furan rings is 1. The van der Waals surface area contributed by atoms with E-state index in [-0.39, 0.29) is 11.4 Å². The molecule has 2 heterocycles. The molecule has 0 aromatic carbocycles. The van der Waals surface area contributed by atoms with E-state index in [1.54, 1.807) is 25.1 Å². The van der Waals surface area contributed by atoms with E-state index in [9.17, 15) is 8.42 Å². The Morgan fingerprint density at radius 2 is 2.21 bits per heavy atom. The Balaban J connectivity index is 2.15. The standard InChI is InChI=1S/C11H13BrN2O3S2/c1-7-2-3-8(17-7)6-14-19(15,16)10-4-9(5-13)18-11(10)12/h2-4,14H,5-6,13H2,1H3. The molecule has 0 aliphatic heterocycles. The first kappa shape index (κ1) is 14.7. The summed E-state index contributed by atoms with van der Waals surface area (Å²) < 4.78 is 32.7. The number of hydrogen-bond donors (Lipinski definition) is 2. The van der Waals surface area contributed by atoms with Gasteiger partial charge in [0.05, 0.1) is 10.3 Å². The van der Waals surface area contributed by atoms with Crippen molar-refractivity contribution in [2.75, 3.05) is 0 Å². The number of nitrogens with one attached hydrogen (secondary N) is 1. The minimum atomic E-state index is -3.57. The van der Waals surface area contributed by atoms with E-state index in [0.717, 1.165) is 10.6 Å². The highest BCUT2D eigenvalue weighted by atomic mass is 79.9. The van der Waals surface area contributed by atoms with Crippen LogP contribution in [-0.2, 0) is 23.1 Å². The number of hydrogen-bond acceptors (Lipinski definition) is 5. The van der Waals surface area contributed by atoms with Gasteiger partial charge in [0.25, 0.3) is 0 Å². The lowest BCUT2D eigenvalue weighted by Crippen LogP contribution is -2.22. The van der Waals surface area contributed by atoms with Crippen LogP contribution in [0.4, 0.5) is 0 Å². The Bertz CT molecular complexity index is 676. The van der Waals surface area contributed by atoms with Crippen LogP contribution in [0.1, 0.15) is 16.4 Å². The summed E-state index contributed by atoms with van der Waals surface area (Å²) in [6, 6.07) is 5.10. The summed E-state index contributed by atoms with van der Waals surface area (Å²) in [6.07, 6.45) is 0. The minimum absolute atomic E-state index is 0.121. The van der Waals surface area contributed by atoms with Crippen LogP contribution in [0.2, 0.25) is 0 Å². The van der Waals surface area contributed by atoms with Gasteiger partial charge in [0, 0.05) is 11.4 Å². The number of aryl methyl sites for hydroxylation is 1. The van der Waals surface area contributed by atoms with Crippen molar-refractivity contribution in [1.82, 2.24) is 4.72 Å². The quantitative estimate of drug-likeness (QED) is 0.852. The van der Waals surface area contributed by atoms with E-state index >= 15 is 0 Å². The van der Waals surface area contributed by atoms with Gasteiger partial charge in [-0.15, -0.1) is 11.3 Å². The summed E-state index contributed by atoms with van der Waals surface area (Å²) in [5.74, 6) is 1.32. The maximum absolute atomic E-state index is 12.1. The average Bonchev–Trinajstić information content (AvgIpc) is 2.93. The van der Waals surface area contributed by atoms with Crippen LogP contribution in [0.3, 0.4) is 0 Å². The van der Waals surface area contributed by atoms with Gasteiger partial charge in [0.2, 0.25) is 10.0 Å². The Labute approximate surface area is 124 Å². The molecule has 0 saturated heterocycles. The van der Waals surface area contributed by atoms with Crippen molar-refractivity contribution in [3.05, 3.63) is 38.4 Å². The zero-order valence-electron chi connectivity index (χ0n) is 10.1. The van der Waals surface area contributed by atoms with Crippen LogP contribution in [0.25, 0.3) is 0 Å². The van der Waals surface area contributed by atoms with Crippen LogP contribution in [0.5, 0.6) is 0 Å². The van der Waals surface area contributed by atoms with Crippen molar-refractivity contribution in [3.8, 4) is 0 Å². The minimum Gasteiger partial charge on any atom is -0.465 e. The fourth-order valence-corrected chi connectivity index (χ4v) is 5.06. The zero-order chi connectivity index (χ0) is 14.0. The maximum Gasteiger partial charge on any atom is 0.242 e. The van der Waals surface area contributed by atoms with Gasteiger partial charge in [-0.2, -0.15) is 0 Å². The number of halogens is 1. The summed E-state index contributed by atoms with van der Waals surface area (Å²) >= 11 is 4.56. The molecule has 3 N–H and O–H groups in total.